The Morgan fingerprint density at radius 3 is 2.76 bits per heavy atom. The van der Waals surface area contributed by atoms with Gasteiger partial charge in [0.25, 0.3) is 0 Å². The first kappa shape index (κ1) is 15.8. The molecule has 0 bridgehead atoms. The lowest BCUT2D eigenvalue weighted by molar-refractivity contribution is -0.156. The second-order valence-electron chi connectivity index (χ2n) is 5.94. The fraction of sp³-hybridized carbons (Fsp3) is 0.588. The Hall–Kier alpha value is -1.55. The van der Waals surface area contributed by atoms with Gasteiger partial charge in [0.15, 0.2) is 0 Å². The molecule has 4 heteroatoms. The monoisotopic (exact) mass is 291 g/mol. The highest BCUT2D eigenvalue weighted by Crippen LogP contribution is 2.26. The Morgan fingerprint density at radius 1 is 1.38 bits per heavy atom. The molecule has 1 N–H and O–H groups in total. The highest BCUT2D eigenvalue weighted by atomic mass is 16.5. The first-order valence-electron chi connectivity index (χ1n) is 7.73. The number of β-amino-alcohol motifs (C(OH)–C–C–N with tert-alkyl or cyclic N) is 1. The summed E-state index contributed by atoms with van der Waals surface area (Å²) in [4.78, 5) is 13.7. The zero-order valence-corrected chi connectivity index (χ0v) is 13.0. The van der Waals surface area contributed by atoms with Crippen molar-refractivity contribution in [3.63, 3.8) is 0 Å². The highest BCUT2D eigenvalue weighted by molar-refractivity contribution is 5.77. The fourth-order valence-electron chi connectivity index (χ4n) is 2.75. The third-order valence-corrected chi connectivity index (χ3v) is 3.92. The summed E-state index contributed by atoms with van der Waals surface area (Å²) >= 11 is 0. The maximum Gasteiger partial charge on any atom is 0.222 e. The van der Waals surface area contributed by atoms with Crippen LogP contribution in [0.3, 0.4) is 0 Å². The van der Waals surface area contributed by atoms with Crippen LogP contribution in [0, 0.1) is 6.92 Å². The molecule has 0 saturated carbocycles. The van der Waals surface area contributed by atoms with E-state index in [4.69, 9.17) is 4.74 Å². The topological polar surface area (TPSA) is 49.8 Å². The van der Waals surface area contributed by atoms with Crippen LogP contribution in [-0.4, -0.2) is 41.2 Å². The van der Waals surface area contributed by atoms with E-state index in [-0.39, 0.29) is 5.91 Å². The smallest absolute Gasteiger partial charge is 0.222 e. The van der Waals surface area contributed by atoms with Crippen LogP contribution in [0.25, 0.3) is 0 Å². The molecule has 21 heavy (non-hydrogen) atoms. The molecular formula is C17H25NO3. The summed E-state index contributed by atoms with van der Waals surface area (Å²) in [5.41, 5.74) is 0.471. The Labute approximate surface area is 126 Å². The van der Waals surface area contributed by atoms with Crippen molar-refractivity contribution in [1.82, 2.24) is 4.90 Å². The molecule has 0 spiro atoms. The number of benzene rings is 1. The number of hydrogen-bond acceptors (Lipinski definition) is 3. The van der Waals surface area contributed by atoms with E-state index in [1.165, 1.54) is 0 Å². The molecule has 1 heterocycles. The number of ether oxygens (including phenoxy) is 1. The lowest BCUT2D eigenvalue weighted by Crippen LogP contribution is -2.63. The molecule has 116 valence electrons. The minimum Gasteiger partial charge on any atom is -0.493 e. The number of rotatable bonds is 7. The van der Waals surface area contributed by atoms with Gasteiger partial charge in [0.05, 0.1) is 25.3 Å². The summed E-state index contributed by atoms with van der Waals surface area (Å²) in [5, 5.41) is 10.1. The molecule has 0 aromatic heterocycles. The number of para-hydroxylation sites is 1. The van der Waals surface area contributed by atoms with E-state index in [1.807, 2.05) is 38.1 Å². The number of amides is 1. The maximum absolute atomic E-state index is 12.0. The van der Waals surface area contributed by atoms with Crippen LogP contribution < -0.4 is 4.74 Å². The zero-order valence-electron chi connectivity index (χ0n) is 13.0. The number of nitrogens with zero attached hydrogens (tertiary/aromatic N) is 1. The van der Waals surface area contributed by atoms with Crippen molar-refractivity contribution in [3.05, 3.63) is 29.8 Å². The minimum absolute atomic E-state index is 0.115. The summed E-state index contributed by atoms with van der Waals surface area (Å²) in [6.45, 7) is 5.57. The number of aliphatic hydroxyl groups is 1. The van der Waals surface area contributed by atoms with Crippen LogP contribution in [0.4, 0.5) is 0 Å². The van der Waals surface area contributed by atoms with Crippen LogP contribution >= 0.6 is 0 Å². The maximum atomic E-state index is 12.0. The molecule has 1 fully saturated rings. The van der Waals surface area contributed by atoms with Crippen molar-refractivity contribution in [1.29, 1.82) is 0 Å². The normalized spacial score (nSPS) is 16.4. The summed E-state index contributed by atoms with van der Waals surface area (Å²) in [7, 11) is 0. The first-order valence-corrected chi connectivity index (χ1v) is 7.73. The van der Waals surface area contributed by atoms with E-state index in [9.17, 15) is 9.90 Å². The lowest BCUT2D eigenvalue weighted by Gasteiger charge is -2.46. The molecule has 2 rings (SSSR count). The Bertz CT molecular complexity index is 481. The summed E-state index contributed by atoms with van der Waals surface area (Å²) in [5.74, 6) is 0.996. The van der Waals surface area contributed by atoms with Gasteiger partial charge in [0.1, 0.15) is 5.75 Å². The van der Waals surface area contributed by atoms with E-state index < -0.39 is 5.60 Å². The minimum atomic E-state index is -0.637. The van der Waals surface area contributed by atoms with Gasteiger partial charge < -0.3 is 14.7 Å². The van der Waals surface area contributed by atoms with Crippen molar-refractivity contribution < 1.29 is 14.6 Å². The van der Waals surface area contributed by atoms with Crippen molar-refractivity contribution in [2.75, 3.05) is 19.7 Å². The third kappa shape index (κ3) is 4.21. The Morgan fingerprint density at radius 2 is 2.10 bits per heavy atom. The predicted molar refractivity (Wildman–Crippen MR) is 82.3 cm³/mol. The van der Waals surface area contributed by atoms with Crippen molar-refractivity contribution in [2.45, 2.75) is 45.1 Å². The van der Waals surface area contributed by atoms with Gasteiger partial charge in [0, 0.05) is 6.42 Å². The molecule has 0 unspecified atom stereocenters. The number of likely N-dealkylation sites (tertiary alicyclic amines) is 1. The van der Waals surface area contributed by atoms with Crippen LogP contribution in [0.1, 0.15) is 38.2 Å². The summed E-state index contributed by atoms with van der Waals surface area (Å²) in [6.07, 6.45) is 2.90. The lowest BCUT2D eigenvalue weighted by atomic mass is 9.89. The predicted octanol–water partition coefficient (Wildman–Crippen LogP) is 2.53. The average molecular weight is 291 g/mol. The SMILES string of the molecule is CCCC1(O)CN(C(=O)CCCOc2ccccc2C)C1. The van der Waals surface area contributed by atoms with E-state index in [0.717, 1.165) is 24.2 Å². The Balaban J connectivity index is 1.64. The molecule has 1 aliphatic heterocycles. The van der Waals surface area contributed by atoms with E-state index >= 15 is 0 Å². The summed E-state index contributed by atoms with van der Waals surface area (Å²) < 4.78 is 5.68. The largest absolute Gasteiger partial charge is 0.493 e. The van der Waals surface area contributed by atoms with Crippen LogP contribution in [0.15, 0.2) is 24.3 Å². The van der Waals surface area contributed by atoms with Crippen LogP contribution in [-0.2, 0) is 4.79 Å². The standard InChI is InChI=1S/C17H25NO3/c1-3-10-17(20)12-18(13-17)16(19)9-6-11-21-15-8-5-4-7-14(15)2/h4-5,7-8,20H,3,6,9-13H2,1-2H3. The molecule has 0 radical (unpaired) electrons. The molecule has 1 saturated heterocycles. The molecule has 1 aliphatic rings. The molecule has 4 nitrogen and oxygen atoms in total. The van der Waals surface area contributed by atoms with Gasteiger partial charge in [-0.15, -0.1) is 0 Å². The van der Waals surface area contributed by atoms with Gasteiger partial charge in [-0.3, -0.25) is 4.79 Å². The molecule has 1 aromatic rings. The van der Waals surface area contributed by atoms with Gasteiger partial charge >= 0.3 is 0 Å². The molecule has 1 amide bonds. The van der Waals surface area contributed by atoms with E-state index in [2.05, 4.69) is 0 Å². The van der Waals surface area contributed by atoms with E-state index in [1.54, 1.807) is 4.90 Å². The highest BCUT2D eigenvalue weighted by Gasteiger charge is 2.42. The van der Waals surface area contributed by atoms with Gasteiger partial charge in [0.2, 0.25) is 5.91 Å². The molecule has 0 atom stereocenters. The van der Waals surface area contributed by atoms with Crippen LogP contribution in [0.2, 0.25) is 0 Å². The van der Waals surface area contributed by atoms with Crippen molar-refractivity contribution in [2.24, 2.45) is 0 Å². The number of carbonyl (C=O) groups is 1. The molecule has 1 aromatic carbocycles. The second kappa shape index (κ2) is 6.94. The van der Waals surface area contributed by atoms with Gasteiger partial charge in [-0.05, 0) is 31.4 Å². The second-order valence-corrected chi connectivity index (χ2v) is 5.94. The van der Waals surface area contributed by atoms with E-state index in [0.29, 0.717) is 32.5 Å². The number of aryl methyl sites for hydroxylation is 1. The fourth-order valence-corrected chi connectivity index (χ4v) is 2.75. The third-order valence-electron chi connectivity index (χ3n) is 3.92. The van der Waals surface area contributed by atoms with Crippen molar-refractivity contribution >= 4 is 5.91 Å². The first-order chi connectivity index (χ1) is 10.0. The Kier molecular flexibility index (Phi) is 5.23. The molecular weight excluding hydrogens is 266 g/mol. The van der Waals surface area contributed by atoms with Gasteiger partial charge in [-0.2, -0.15) is 0 Å². The van der Waals surface area contributed by atoms with Gasteiger partial charge in [-0.25, -0.2) is 0 Å². The number of carbonyl (C=O) groups excluding carboxylic acids is 1. The van der Waals surface area contributed by atoms with Crippen LogP contribution in [0.5, 0.6) is 5.75 Å². The quantitative estimate of drug-likeness (QED) is 0.785. The number of hydrogen-bond donors (Lipinski definition) is 1. The average Bonchev–Trinajstić information content (AvgIpc) is 2.42. The summed E-state index contributed by atoms with van der Waals surface area (Å²) in [6, 6.07) is 7.88. The van der Waals surface area contributed by atoms with Crippen molar-refractivity contribution in [3.8, 4) is 5.75 Å². The molecule has 0 aliphatic carbocycles. The zero-order chi connectivity index (χ0) is 15.3. The van der Waals surface area contributed by atoms with Gasteiger partial charge in [-0.1, -0.05) is 31.5 Å².